The van der Waals surface area contributed by atoms with Crippen molar-refractivity contribution in [2.45, 2.75) is 37.8 Å². The molecule has 0 atom stereocenters. The number of benzene rings is 1. The summed E-state index contributed by atoms with van der Waals surface area (Å²) in [5, 5.41) is 9.63. The molecule has 1 aromatic carbocycles. The van der Waals surface area contributed by atoms with Gasteiger partial charge >= 0.3 is 5.97 Å². The van der Waals surface area contributed by atoms with E-state index in [-0.39, 0.29) is 5.75 Å². The molecule has 2 aromatic rings. The Labute approximate surface area is 128 Å². The third-order valence-corrected chi connectivity index (χ3v) is 4.77. The Morgan fingerprint density at radius 2 is 2.19 bits per heavy atom. The normalized spacial score (nSPS) is 13.4. The number of hydrogen-bond acceptors (Lipinski definition) is 3. The molecule has 0 saturated carbocycles. The third kappa shape index (κ3) is 2.83. The molecule has 0 aliphatic heterocycles. The molecule has 21 heavy (non-hydrogen) atoms. The molecule has 5 heteroatoms. The molecule has 0 bridgehead atoms. The molecule has 0 fully saturated rings. The van der Waals surface area contributed by atoms with Crippen LogP contribution in [0, 0.1) is 0 Å². The lowest BCUT2D eigenvalue weighted by molar-refractivity contribution is -0.133. The largest absolute Gasteiger partial charge is 0.481 e. The smallest absolute Gasteiger partial charge is 0.313 e. The van der Waals surface area contributed by atoms with Crippen LogP contribution >= 0.6 is 11.8 Å². The average molecular weight is 302 g/mol. The predicted molar refractivity (Wildman–Crippen MR) is 83.3 cm³/mol. The minimum Gasteiger partial charge on any atom is -0.481 e. The van der Waals surface area contributed by atoms with Crippen LogP contribution < -0.4 is 0 Å². The van der Waals surface area contributed by atoms with Crippen LogP contribution in [-0.2, 0) is 24.1 Å². The number of carbonyl (C=O) groups is 1. The second-order valence-electron chi connectivity index (χ2n) is 5.21. The molecule has 1 aromatic heterocycles. The lowest BCUT2D eigenvalue weighted by Crippen LogP contribution is -2.04. The van der Waals surface area contributed by atoms with Gasteiger partial charge in [0.1, 0.15) is 0 Å². The molecule has 1 aliphatic carbocycles. The summed E-state index contributed by atoms with van der Waals surface area (Å²) in [5.74, 6) is -0.785. The van der Waals surface area contributed by atoms with Crippen molar-refractivity contribution in [3.05, 3.63) is 41.2 Å². The van der Waals surface area contributed by atoms with Crippen LogP contribution in [0.3, 0.4) is 0 Å². The summed E-state index contributed by atoms with van der Waals surface area (Å²) in [5.41, 5.74) is 5.06. The fourth-order valence-corrected chi connectivity index (χ4v) is 3.55. The van der Waals surface area contributed by atoms with Crippen molar-refractivity contribution in [3.8, 4) is 5.69 Å². The maximum atomic E-state index is 10.8. The van der Waals surface area contributed by atoms with E-state index in [9.17, 15) is 4.79 Å². The van der Waals surface area contributed by atoms with E-state index in [1.54, 1.807) is 0 Å². The van der Waals surface area contributed by atoms with Gasteiger partial charge in [0.05, 0.1) is 5.75 Å². The van der Waals surface area contributed by atoms with Crippen molar-refractivity contribution in [2.24, 2.45) is 0 Å². The van der Waals surface area contributed by atoms with Gasteiger partial charge in [0.2, 0.25) is 0 Å². The highest BCUT2D eigenvalue weighted by molar-refractivity contribution is 7.99. The number of thioether (sulfide) groups is 1. The van der Waals surface area contributed by atoms with Gasteiger partial charge in [0, 0.05) is 17.6 Å². The molecule has 0 radical (unpaired) electrons. The summed E-state index contributed by atoms with van der Waals surface area (Å²) in [6.07, 6.45) is 6.25. The van der Waals surface area contributed by atoms with E-state index in [1.165, 1.54) is 35.7 Å². The summed E-state index contributed by atoms with van der Waals surface area (Å²) in [6, 6.07) is 6.55. The van der Waals surface area contributed by atoms with Gasteiger partial charge in [-0.05, 0) is 48.9 Å². The van der Waals surface area contributed by atoms with Crippen LogP contribution in [0.25, 0.3) is 5.69 Å². The fourth-order valence-electron chi connectivity index (χ4n) is 2.82. The van der Waals surface area contributed by atoms with Crippen molar-refractivity contribution >= 4 is 17.7 Å². The average Bonchev–Trinajstić information content (AvgIpc) is 3.10. The molecule has 3 rings (SSSR count). The molecule has 0 unspecified atom stereocenters. The number of hydrogen-bond donors (Lipinski definition) is 1. The van der Waals surface area contributed by atoms with E-state index >= 15 is 0 Å². The van der Waals surface area contributed by atoms with Crippen molar-refractivity contribution in [1.82, 2.24) is 9.55 Å². The van der Waals surface area contributed by atoms with Crippen LogP contribution in [0.2, 0.25) is 0 Å². The Morgan fingerprint density at radius 3 is 2.95 bits per heavy atom. The van der Waals surface area contributed by atoms with Gasteiger partial charge < -0.3 is 5.11 Å². The van der Waals surface area contributed by atoms with Crippen LogP contribution in [0.4, 0.5) is 0 Å². The van der Waals surface area contributed by atoms with Crippen LogP contribution in [0.1, 0.15) is 30.2 Å². The standard InChI is InChI=1S/C16H18N2O2S/c1-2-13-9-17-16(21-10-15(19)20)18(13)14-7-6-11-4-3-5-12(11)8-14/h6-9H,2-5,10H2,1H3,(H,19,20). The Hall–Kier alpha value is -1.75. The third-order valence-electron chi connectivity index (χ3n) is 3.83. The van der Waals surface area contributed by atoms with Crippen molar-refractivity contribution in [3.63, 3.8) is 0 Å². The van der Waals surface area contributed by atoms with Crippen molar-refractivity contribution in [2.75, 3.05) is 5.75 Å². The van der Waals surface area contributed by atoms with E-state index in [1.807, 2.05) is 6.20 Å². The number of aryl methyl sites for hydroxylation is 3. The number of imidazole rings is 1. The van der Waals surface area contributed by atoms with Crippen LogP contribution in [0.15, 0.2) is 29.6 Å². The van der Waals surface area contributed by atoms with E-state index in [0.717, 1.165) is 29.4 Å². The van der Waals surface area contributed by atoms with Gasteiger partial charge in [0.15, 0.2) is 5.16 Å². The molecule has 1 heterocycles. The monoisotopic (exact) mass is 302 g/mol. The number of carboxylic acids is 1. The minimum absolute atomic E-state index is 0.0328. The molecule has 4 nitrogen and oxygen atoms in total. The zero-order valence-electron chi connectivity index (χ0n) is 12.0. The molecular formula is C16H18N2O2S. The Morgan fingerprint density at radius 1 is 1.38 bits per heavy atom. The zero-order chi connectivity index (χ0) is 14.8. The summed E-state index contributed by atoms with van der Waals surface area (Å²) in [7, 11) is 0. The molecule has 0 saturated heterocycles. The summed E-state index contributed by atoms with van der Waals surface area (Å²) in [4.78, 5) is 15.2. The second kappa shape index (κ2) is 5.93. The second-order valence-corrected chi connectivity index (χ2v) is 6.15. The van der Waals surface area contributed by atoms with Gasteiger partial charge in [-0.1, -0.05) is 24.8 Å². The first-order chi connectivity index (χ1) is 10.2. The first kappa shape index (κ1) is 14.2. The number of nitrogens with zero attached hydrogens (tertiary/aromatic N) is 2. The Balaban J connectivity index is 1.99. The molecule has 1 aliphatic rings. The van der Waals surface area contributed by atoms with Gasteiger partial charge in [-0.3, -0.25) is 9.36 Å². The SMILES string of the molecule is CCc1cnc(SCC(=O)O)n1-c1ccc2c(c1)CCC2. The molecule has 0 spiro atoms. The molecule has 110 valence electrons. The lowest BCUT2D eigenvalue weighted by Gasteiger charge is -2.12. The maximum absolute atomic E-state index is 10.8. The highest BCUT2D eigenvalue weighted by Gasteiger charge is 2.16. The van der Waals surface area contributed by atoms with Gasteiger partial charge in [-0.25, -0.2) is 4.98 Å². The predicted octanol–water partition coefficient (Wildman–Crippen LogP) is 3.10. The first-order valence-electron chi connectivity index (χ1n) is 7.22. The van der Waals surface area contributed by atoms with E-state index < -0.39 is 5.97 Å². The molecule has 1 N–H and O–H groups in total. The fraction of sp³-hybridized carbons (Fsp3) is 0.375. The topological polar surface area (TPSA) is 55.1 Å². The van der Waals surface area contributed by atoms with Gasteiger partial charge in [-0.2, -0.15) is 0 Å². The minimum atomic E-state index is -0.818. The quantitative estimate of drug-likeness (QED) is 0.862. The number of rotatable bonds is 5. The zero-order valence-corrected chi connectivity index (χ0v) is 12.8. The highest BCUT2D eigenvalue weighted by atomic mass is 32.2. The van der Waals surface area contributed by atoms with Gasteiger partial charge in [0.25, 0.3) is 0 Å². The first-order valence-corrected chi connectivity index (χ1v) is 8.21. The maximum Gasteiger partial charge on any atom is 0.313 e. The van der Waals surface area contributed by atoms with Crippen LogP contribution in [-0.4, -0.2) is 26.4 Å². The summed E-state index contributed by atoms with van der Waals surface area (Å²) < 4.78 is 2.09. The molecule has 0 amide bonds. The van der Waals surface area contributed by atoms with E-state index in [2.05, 4.69) is 34.7 Å². The number of fused-ring (bicyclic) bond motifs is 1. The number of aromatic nitrogens is 2. The van der Waals surface area contributed by atoms with Crippen LogP contribution in [0.5, 0.6) is 0 Å². The Bertz CT molecular complexity index is 679. The number of aliphatic carboxylic acids is 1. The van der Waals surface area contributed by atoms with E-state index in [0.29, 0.717) is 0 Å². The molecular weight excluding hydrogens is 284 g/mol. The van der Waals surface area contributed by atoms with E-state index in [4.69, 9.17) is 5.11 Å². The summed E-state index contributed by atoms with van der Waals surface area (Å²) in [6.45, 7) is 2.09. The lowest BCUT2D eigenvalue weighted by atomic mass is 10.1. The van der Waals surface area contributed by atoms with Crippen molar-refractivity contribution < 1.29 is 9.90 Å². The number of carboxylic acid groups (broad SMARTS) is 1. The van der Waals surface area contributed by atoms with Crippen molar-refractivity contribution in [1.29, 1.82) is 0 Å². The highest BCUT2D eigenvalue weighted by Crippen LogP contribution is 2.28. The Kier molecular flexibility index (Phi) is 4.01. The summed E-state index contributed by atoms with van der Waals surface area (Å²) >= 11 is 1.27. The van der Waals surface area contributed by atoms with Gasteiger partial charge in [-0.15, -0.1) is 0 Å².